The maximum Gasteiger partial charge on any atom is 0.260 e. The molecular weight excluding hydrogens is 372 g/mol. The van der Waals surface area contributed by atoms with Crippen LogP contribution < -0.4 is 10.1 Å². The van der Waals surface area contributed by atoms with E-state index >= 15 is 0 Å². The zero-order valence-electron chi connectivity index (χ0n) is 18.1. The van der Waals surface area contributed by atoms with E-state index < -0.39 is 6.10 Å². The highest BCUT2D eigenvalue weighted by Crippen LogP contribution is 2.26. The quantitative estimate of drug-likeness (QED) is 0.712. The fourth-order valence-electron chi connectivity index (χ4n) is 4.75. The summed E-state index contributed by atoms with van der Waals surface area (Å²) >= 11 is 0. The van der Waals surface area contributed by atoms with Crippen LogP contribution in [0.15, 0.2) is 54.6 Å². The van der Waals surface area contributed by atoms with Gasteiger partial charge in [0.2, 0.25) is 0 Å². The topological polar surface area (TPSA) is 41.6 Å². The highest BCUT2D eigenvalue weighted by Gasteiger charge is 2.25. The molecule has 1 atom stereocenters. The van der Waals surface area contributed by atoms with E-state index in [1.807, 2.05) is 49.4 Å². The van der Waals surface area contributed by atoms with Gasteiger partial charge in [-0.25, -0.2) is 0 Å². The number of hydrogen-bond acceptors (Lipinski definition) is 3. The Kier molecular flexibility index (Phi) is 7.06. The molecule has 0 bridgehead atoms. The van der Waals surface area contributed by atoms with Crippen molar-refractivity contribution in [1.82, 2.24) is 10.2 Å². The second-order valence-corrected chi connectivity index (χ2v) is 8.88. The maximum atomic E-state index is 12.6. The molecule has 1 aliphatic heterocycles. The lowest BCUT2D eigenvalue weighted by Crippen LogP contribution is -2.48. The van der Waals surface area contributed by atoms with Crippen molar-refractivity contribution < 1.29 is 9.53 Å². The molecule has 1 unspecified atom stereocenters. The molecule has 4 nitrogen and oxygen atoms in total. The summed E-state index contributed by atoms with van der Waals surface area (Å²) in [5.74, 6) is 1.61. The number of likely N-dealkylation sites (tertiary alicyclic amines) is 1. The van der Waals surface area contributed by atoms with Crippen molar-refractivity contribution in [1.29, 1.82) is 0 Å². The maximum absolute atomic E-state index is 12.6. The number of ether oxygens (including phenoxy) is 1. The number of nitrogens with one attached hydrogen (secondary N) is 1. The Labute approximate surface area is 180 Å². The van der Waals surface area contributed by atoms with Gasteiger partial charge in [0, 0.05) is 25.7 Å². The molecule has 1 aliphatic carbocycles. The molecule has 1 N–H and O–H groups in total. The normalized spacial score (nSPS) is 19.5. The molecule has 4 rings (SSSR count). The summed E-state index contributed by atoms with van der Waals surface area (Å²) in [5, 5.41) is 3.20. The Morgan fingerprint density at radius 2 is 1.60 bits per heavy atom. The molecule has 2 aliphatic rings. The predicted octanol–water partition coefficient (Wildman–Crippen LogP) is 4.89. The number of carbonyl (C=O) groups is 1. The summed E-state index contributed by atoms with van der Waals surface area (Å²) in [6, 6.07) is 18.5. The average molecular weight is 407 g/mol. The SMILES string of the molecule is CC(Oc1ccc(-c2ccccc2)cc1)C(=O)NC1CCN(CC2CCCC2)CC1. The van der Waals surface area contributed by atoms with Crippen LogP contribution in [0.5, 0.6) is 5.75 Å². The van der Waals surface area contributed by atoms with Gasteiger partial charge in [-0.3, -0.25) is 4.79 Å². The Bertz CT molecular complexity index is 792. The zero-order valence-corrected chi connectivity index (χ0v) is 18.1. The Morgan fingerprint density at radius 3 is 2.27 bits per heavy atom. The van der Waals surface area contributed by atoms with E-state index in [9.17, 15) is 4.79 Å². The molecule has 30 heavy (non-hydrogen) atoms. The van der Waals surface area contributed by atoms with Gasteiger partial charge in [0.05, 0.1) is 0 Å². The van der Waals surface area contributed by atoms with Gasteiger partial charge in [-0.15, -0.1) is 0 Å². The first-order valence-corrected chi connectivity index (χ1v) is 11.5. The minimum Gasteiger partial charge on any atom is -0.481 e. The molecule has 2 aromatic carbocycles. The van der Waals surface area contributed by atoms with Gasteiger partial charge in [0.1, 0.15) is 5.75 Å². The molecular formula is C26H34N2O2. The summed E-state index contributed by atoms with van der Waals surface area (Å²) in [6.07, 6.45) is 7.20. The smallest absolute Gasteiger partial charge is 0.260 e. The molecule has 4 heteroatoms. The summed E-state index contributed by atoms with van der Waals surface area (Å²) in [5.41, 5.74) is 2.32. The largest absolute Gasteiger partial charge is 0.481 e. The van der Waals surface area contributed by atoms with Gasteiger partial charge in [-0.2, -0.15) is 0 Å². The van der Waals surface area contributed by atoms with Crippen LogP contribution in [0.2, 0.25) is 0 Å². The van der Waals surface area contributed by atoms with Crippen LogP contribution >= 0.6 is 0 Å². The number of piperidine rings is 1. The third-order valence-corrected chi connectivity index (χ3v) is 6.57. The predicted molar refractivity (Wildman–Crippen MR) is 122 cm³/mol. The fraction of sp³-hybridized carbons (Fsp3) is 0.500. The van der Waals surface area contributed by atoms with Crippen LogP contribution in [0.25, 0.3) is 11.1 Å². The standard InChI is InChI=1S/C26H34N2O2/c1-20(30-25-13-11-23(12-14-25)22-9-3-2-4-10-22)26(29)27-24-15-17-28(18-16-24)19-21-7-5-6-8-21/h2-4,9-14,20-21,24H,5-8,15-19H2,1H3,(H,27,29). The van der Waals surface area contributed by atoms with E-state index in [1.54, 1.807) is 0 Å². The van der Waals surface area contributed by atoms with E-state index in [1.165, 1.54) is 37.8 Å². The molecule has 1 saturated heterocycles. The Balaban J connectivity index is 1.21. The van der Waals surface area contributed by atoms with Crippen LogP contribution in [0.4, 0.5) is 0 Å². The van der Waals surface area contributed by atoms with Crippen molar-refractivity contribution in [3.8, 4) is 16.9 Å². The lowest BCUT2D eigenvalue weighted by atomic mass is 10.0. The van der Waals surface area contributed by atoms with Crippen molar-refractivity contribution in [2.45, 2.75) is 57.6 Å². The van der Waals surface area contributed by atoms with Gasteiger partial charge in [-0.1, -0.05) is 55.3 Å². The molecule has 2 aromatic rings. The van der Waals surface area contributed by atoms with E-state index in [0.717, 1.165) is 43.2 Å². The van der Waals surface area contributed by atoms with Crippen molar-refractivity contribution in [3.63, 3.8) is 0 Å². The van der Waals surface area contributed by atoms with Gasteiger partial charge >= 0.3 is 0 Å². The van der Waals surface area contributed by atoms with E-state index in [2.05, 4.69) is 22.3 Å². The third kappa shape index (κ3) is 5.63. The molecule has 0 spiro atoms. The molecule has 1 heterocycles. The van der Waals surface area contributed by atoms with Crippen LogP contribution in [0, 0.1) is 5.92 Å². The Hall–Kier alpha value is -2.33. The number of hydrogen-bond donors (Lipinski definition) is 1. The van der Waals surface area contributed by atoms with Crippen LogP contribution in [-0.4, -0.2) is 42.6 Å². The second kappa shape index (κ2) is 10.1. The van der Waals surface area contributed by atoms with Crippen LogP contribution in [0.3, 0.4) is 0 Å². The van der Waals surface area contributed by atoms with Crippen molar-refractivity contribution in [2.75, 3.05) is 19.6 Å². The minimum atomic E-state index is -0.496. The molecule has 1 amide bonds. The molecule has 2 fully saturated rings. The highest BCUT2D eigenvalue weighted by molar-refractivity contribution is 5.81. The van der Waals surface area contributed by atoms with Crippen molar-refractivity contribution in [2.24, 2.45) is 5.92 Å². The molecule has 160 valence electrons. The average Bonchev–Trinajstić information content (AvgIpc) is 3.29. The van der Waals surface area contributed by atoms with E-state index in [-0.39, 0.29) is 11.9 Å². The van der Waals surface area contributed by atoms with Gasteiger partial charge in [0.25, 0.3) is 5.91 Å². The summed E-state index contributed by atoms with van der Waals surface area (Å²) in [4.78, 5) is 15.2. The number of carbonyl (C=O) groups excluding carboxylic acids is 1. The van der Waals surface area contributed by atoms with E-state index in [4.69, 9.17) is 4.74 Å². The zero-order chi connectivity index (χ0) is 20.8. The molecule has 0 radical (unpaired) electrons. The van der Waals surface area contributed by atoms with Gasteiger partial charge in [0.15, 0.2) is 6.10 Å². The number of benzene rings is 2. The number of amides is 1. The van der Waals surface area contributed by atoms with Gasteiger partial charge < -0.3 is 15.0 Å². The van der Waals surface area contributed by atoms with Crippen LogP contribution in [0.1, 0.15) is 45.4 Å². The minimum absolute atomic E-state index is 0.0172. The monoisotopic (exact) mass is 406 g/mol. The Morgan fingerprint density at radius 1 is 0.967 bits per heavy atom. The molecule has 0 aromatic heterocycles. The first-order valence-electron chi connectivity index (χ1n) is 11.5. The fourth-order valence-corrected chi connectivity index (χ4v) is 4.75. The first-order chi connectivity index (χ1) is 14.7. The van der Waals surface area contributed by atoms with Crippen molar-refractivity contribution >= 4 is 5.91 Å². The number of rotatable bonds is 7. The second-order valence-electron chi connectivity index (χ2n) is 8.88. The van der Waals surface area contributed by atoms with E-state index in [0.29, 0.717) is 0 Å². The summed E-state index contributed by atoms with van der Waals surface area (Å²) in [7, 11) is 0. The molecule has 1 saturated carbocycles. The number of nitrogens with zero attached hydrogens (tertiary/aromatic N) is 1. The van der Waals surface area contributed by atoms with Gasteiger partial charge in [-0.05, 0) is 61.8 Å². The summed E-state index contributed by atoms with van der Waals surface area (Å²) < 4.78 is 5.90. The lowest BCUT2D eigenvalue weighted by molar-refractivity contribution is -0.128. The van der Waals surface area contributed by atoms with Crippen molar-refractivity contribution in [3.05, 3.63) is 54.6 Å². The lowest BCUT2D eigenvalue weighted by Gasteiger charge is -2.34. The van der Waals surface area contributed by atoms with Crippen LogP contribution in [-0.2, 0) is 4.79 Å². The summed E-state index contributed by atoms with van der Waals surface area (Å²) in [6.45, 7) is 5.27. The third-order valence-electron chi connectivity index (χ3n) is 6.57. The first kappa shape index (κ1) is 20.9. The highest BCUT2D eigenvalue weighted by atomic mass is 16.5.